The Bertz CT molecular complexity index is 614. The highest BCUT2D eigenvalue weighted by atomic mass is 79.9. The van der Waals surface area contributed by atoms with Crippen LogP contribution in [0.15, 0.2) is 56.7 Å². The van der Waals surface area contributed by atoms with E-state index in [1.165, 1.54) is 17.8 Å². The first-order valence-electron chi connectivity index (χ1n) is 6.00. The average molecular weight is 355 g/mol. The maximum absolute atomic E-state index is 13.7. The van der Waals surface area contributed by atoms with Crippen LogP contribution >= 0.6 is 27.7 Å². The molecular formula is C15H12BrFO2S. The summed E-state index contributed by atoms with van der Waals surface area (Å²) in [4.78, 5) is 12.9. The molecule has 2 aromatic rings. The van der Waals surface area contributed by atoms with Crippen molar-refractivity contribution in [2.75, 3.05) is 6.61 Å². The molecule has 5 heteroatoms. The van der Waals surface area contributed by atoms with Crippen molar-refractivity contribution in [2.45, 2.75) is 16.7 Å². The van der Waals surface area contributed by atoms with Gasteiger partial charge in [0.05, 0.1) is 12.2 Å². The number of rotatable bonds is 4. The van der Waals surface area contributed by atoms with Gasteiger partial charge in [0.2, 0.25) is 0 Å². The number of hydrogen-bond acceptors (Lipinski definition) is 3. The van der Waals surface area contributed by atoms with Gasteiger partial charge in [0, 0.05) is 14.3 Å². The van der Waals surface area contributed by atoms with Crippen molar-refractivity contribution >= 4 is 33.7 Å². The van der Waals surface area contributed by atoms with Gasteiger partial charge in [-0.1, -0.05) is 27.7 Å². The van der Waals surface area contributed by atoms with E-state index in [1.807, 2.05) is 0 Å². The minimum absolute atomic E-state index is 0.279. The molecule has 0 bridgehead atoms. The third-order valence-electron chi connectivity index (χ3n) is 2.49. The normalized spacial score (nSPS) is 10.3. The van der Waals surface area contributed by atoms with E-state index in [0.29, 0.717) is 21.5 Å². The Morgan fingerprint density at radius 2 is 1.95 bits per heavy atom. The largest absolute Gasteiger partial charge is 0.462 e. The fraction of sp³-hybridized carbons (Fsp3) is 0.133. The van der Waals surface area contributed by atoms with Crippen LogP contribution in [0.3, 0.4) is 0 Å². The van der Waals surface area contributed by atoms with Gasteiger partial charge in [0.1, 0.15) is 5.82 Å². The fourth-order valence-electron chi connectivity index (χ4n) is 1.56. The van der Waals surface area contributed by atoms with Gasteiger partial charge in [-0.25, -0.2) is 9.18 Å². The lowest BCUT2D eigenvalue weighted by molar-refractivity contribution is 0.0526. The molecule has 0 aliphatic rings. The van der Waals surface area contributed by atoms with Gasteiger partial charge >= 0.3 is 5.97 Å². The zero-order valence-corrected chi connectivity index (χ0v) is 13.1. The Hall–Kier alpha value is -1.33. The van der Waals surface area contributed by atoms with Crippen molar-refractivity contribution in [3.63, 3.8) is 0 Å². The first-order chi connectivity index (χ1) is 9.60. The second-order valence-electron chi connectivity index (χ2n) is 3.92. The molecule has 0 fully saturated rings. The van der Waals surface area contributed by atoms with E-state index in [4.69, 9.17) is 4.74 Å². The number of carbonyl (C=O) groups excluding carboxylic acids is 1. The Labute approximate surface area is 129 Å². The van der Waals surface area contributed by atoms with Gasteiger partial charge < -0.3 is 4.74 Å². The van der Waals surface area contributed by atoms with Gasteiger partial charge in [-0.15, -0.1) is 0 Å². The summed E-state index contributed by atoms with van der Waals surface area (Å²) in [7, 11) is 0. The molecule has 0 spiro atoms. The van der Waals surface area contributed by atoms with Crippen molar-refractivity contribution in [3.05, 3.63) is 58.3 Å². The Morgan fingerprint density at radius 1 is 1.25 bits per heavy atom. The van der Waals surface area contributed by atoms with E-state index in [0.717, 1.165) is 4.90 Å². The van der Waals surface area contributed by atoms with Crippen LogP contribution in [-0.4, -0.2) is 12.6 Å². The molecule has 2 rings (SSSR count). The predicted octanol–water partition coefficient (Wildman–Crippen LogP) is 4.92. The topological polar surface area (TPSA) is 26.3 Å². The molecule has 0 aliphatic heterocycles. The summed E-state index contributed by atoms with van der Waals surface area (Å²) < 4.78 is 19.3. The Morgan fingerprint density at radius 3 is 2.55 bits per heavy atom. The van der Waals surface area contributed by atoms with Crippen LogP contribution in [0.2, 0.25) is 0 Å². The minimum Gasteiger partial charge on any atom is -0.462 e. The molecule has 0 atom stereocenters. The quantitative estimate of drug-likeness (QED) is 0.729. The lowest BCUT2D eigenvalue weighted by Gasteiger charge is -2.05. The van der Waals surface area contributed by atoms with Crippen LogP contribution in [0, 0.1) is 5.82 Å². The highest BCUT2D eigenvalue weighted by molar-refractivity contribution is 9.10. The van der Waals surface area contributed by atoms with Crippen molar-refractivity contribution in [1.82, 2.24) is 0 Å². The van der Waals surface area contributed by atoms with Crippen LogP contribution in [0.4, 0.5) is 4.39 Å². The Balaban J connectivity index is 2.12. The monoisotopic (exact) mass is 354 g/mol. The van der Waals surface area contributed by atoms with Gasteiger partial charge in [0.15, 0.2) is 0 Å². The van der Waals surface area contributed by atoms with E-state index < -0.39 is 0 Å². The second kappa shape index (κ2) is 6.90. The number of halogens is 2. The van der Waals surface area contributed by atoms with E-state index >= 15 is 0 Å². The SMILES string of the molecule is CCOC(=O)c1ccc(Sc2ccc(Br)cc2F)cc1. The van der Waals surface area contributed by atoms with E-state index in [1.54, 1.807) is 43.3 Å². The predicted molar refractivity (Wildman–Crippen MR) is 80.6 cm³/mol. The summed E-state index contributed by atoms with van der Waals surface area (Å²) in [5.74, 6) is -0.627. The summed E-state index contributed by atoms with van der Waals surface area (Å²) in [6.45, 7) is 2.11. The zero-order valence-electron chi connectivity index (χ0n) is 10.7. The molecule has 0 aliphatic carbocycles. The molecule has 0 saturated carbocycles. The molecule has 2 nitrogen and oxygen atoms in total. The van der Waals surface area contributed by atoms with Crippen LogP contribution in [0.25, 0.3) is 0 Å². The number of hydrogen-bond donors (Lipinski definition) is 0. The third kappa shape index (κ3) is 3.84. The molecule has 0 amide bonds. The molecule has 0 N–H and O–H groups in total. The lowest BCUT2D eigenvalue weighted by atomic mass is 10.2. The van der Waals surface area contributed by atoms with Gasteiger partial charge in [-0.3, -0.25) is 0 Å². The zero-order chi connectivity index (χ0) is 14.5. The summed E-state index contributed by atoms with van der Waals surface area (Å²) in [5, 5.41) is 0. The molecule has 0 aromatic heterocycles. The van der Waals surface area contributed by atoms with E-state index in [-0.39, 0.29) is 11.8 Å². The maximum atomic E-state index is 13.7. The van der Waals surface area contributed by atoms with Gasteiger partial charge in [0.25, 0.3) is 0 Å². The van der Waals surface area contributed by atoms with Crippen LogP contribution in [-0.2, 0) is 4.74 Å². The van der Waals surface area contributed by atoms with E-state index in [9.17, 15) is 9.18 Å². The molecule has 104 valence electrons. The number of esters is 1. The summed E-state index contributed by atoms with van der Waals surface area (Å²) in [6.07, 6.45) is 0. The number of ether oxygens (including phenoxy) is 1. The molecular weight excluding hydrogens is 343 g/mol. The first kappa shape index (κ1) is 15.1. The fourth-order valence-corrected chi connectivity index (χ4v) is 2.71. The first-order valence-corrected chi connectivity index (χ1v) is 7.61. The molecule has 2 aromatic carbocycles. The van der Waals surface area contributed by atoms with Crippen molar-refractivity contribution in [1.29, 1.82) is 0 Å². The average Bonchev–Trinajstić information content (AvgIpc) is 2.43. The van der Waals surface area contributed by atoms with Crippen LogP contribution < -0.4 is 0 Å². The third-order valence-corrected chi connectivity index (χ3v) is 4.04. The summed E-state index contributed by atoms with van der Waals surface area (Å²) >= 11 is 4.53. The molecule has 20 heavy (non-hydrogen) atoms. The molecule has 0 unspecified atom stereocenters. The minimum atomic E-state index is -0.348. The summed E-state index contributed by atoms with van der Waals surface area (Å²) in [6, 6.07) is 11.8. The van der Waals surface area contributed by atoms with Crippen molar-refractivity contribution in [2.24, 2.45) is 0 Å². The van der Waals surface area contributed by atoms with Crippen molar-refractivity contribution in [3.8, 4) is 0 Å². The number of benzene rings is 2. The van der Waals surface area contributed by atoms with Gasteiger partial charge in [-0.2, -0.15) is 0 Å². The molecule has 0 saturated heterocycles. The van der Waals surface area contributed by atoms with Crippen LogP contribution in [0.5, 0.6) is 0 Å². The second-order valence-corrected chi connectivity index (χ2v) is 5.95. The van der Waals surface area contributed by atoms with Crippen LogP contribution in [0.1, 0.15) is 17.3 Å². The lowest BCUT2D eigenvalue weighted by Crippen LogP contribution is -2.03. The Kier molecular flexibility index (Phi) is 5.20. The smallest absolute Gasteiger partial charge is 0.338 e. The van der Waals surface area contributed by atoms with Crippen molar-refractivity contribution < 1.29 is 13.9 Å². The van der Waals surface area contributed by atoms with Gasteiger partial charge in [-0.05, 0) is 49.4 Å². The number of carbonyl (C=O) groups is 1. The standard InChI is InChI=1S/C15H12BrFO2S/c1-2-19-15(18)10-3-6-12(7-4-10)20-14-8-5-11(16)9-13(14)17/h3-9H,2H2,1H3. The highest BCUT2D eigenvalue weighted by Gasteiger charge is 2.08. The summed E-state index contributed by atoms with van der Waals surface area (Å²) in [5.41, 5.74) is 0.493. The maximum Gasteiger partial charge on any atom is 0.338 e. The molecule has 0 heterocycles. The molecule has 0 radical (unpaired) electrons. The van der Waals surface area contributed by atoms with E-state index in [2.05, 4.69) is 15.9 Å². The highest BCUT2D eigenvalue weighted by Crippen LogP contribution is 2.31.